The van der Waals surface area contributed by atoms with E-state index in [-0.39, 0.29) is 5.84 Å². The summed E-state index contributed by atoms with van der Waals surface area (Å²) in [5, 5.41) is 8.23. The van der Waals surface area contributed by atoms with Gasteiger partial charge in [0.15, 0.2) is 0 Å². The maximum Gasteiger partial charge on any atom is 0.101 e. The molecule has 0 amide bonds. The number of halogens is 2. The summed E-state index contributed by atoms with van der Waals surface area (Å²) >= 11 is 13.0. The Hall–Kier alpha value is -0.380. The van der Waals surface area contributed by atoms with Crippen molar-refractivity contribution < 1.29 is 0 Å². The Morgan fingerprint density at radius 3 is 2.31 bits per heavy atom. The number of amidine groups is 1. The molecule has 1 aromatic carbocycles. The molecule has 3 N–H and O–H groups in total. The summed E-state index contributed by atoms with van der Waals surface area (Å²) in [5.74, 6) is 0.595. The minimum absolute atomic E-state index is 0.140. The van der Waals surface area contributed by atoms with Crippen LogP contribution >= 0.6 is 35.0 Å². The fourth-order valence-corrected chi connectivity index (χ4v) is 2.17. The lowest BCUT2D eigenvalue weighted by Crippen LogP contribution is -2.11. The highest BCUT2D eigenvalue weighted by molar-refractivity contribution is 8.00. The van der Waals surface area contributed by atoms with E-state index in [0.29, 0.717) is 15.8 Å². The Morgan fingerprint density at radius 2 is 1.85 bits per heavy atom. The van der Waals surface area contributed by atoms with Crippen molar-refractivity contribution in [2.24, 2.45) is 5.73 Å². The molecule has 0 saturated heterocycles. The third-order valence-corrected chi connectivity index (χ3v) is 2.69. The van der Waals surface area contributed by atoms with Crippen LogP contribution in [0.3, 0.4) is 0 Å². The number of rotatable bonds is 3. The lowest BCUT2D eigenvalue weighted by molar-refractivity contribution is 1.41. The van der Waals surface area contributed by atoms with Crippen LogP contribution in [0.5, 0.6) is 0 Å². The van der Waals surface area contributed by atoms with Crippen LogP contribution in [0.4, 0.5) is 0 Å². The highest BCUT2D eigenvalue weighted by atomic mass is 35.5. The normalized spacial score (nSPS) is 10.0. The molecule has 13 heavy (non-hydrogen) atoms. The van der Waals surface area contributed by atoms with Crippen molar-refractivity contribution in [3.05, 3.63) is 28.2 Å². The first kappa shape index (κ1) is 10.7. The van der Waals surface area contributed by atoms with Crippen molar-refractivity contribution in [3.63, 3.8) is 0 Å². The highest BCUT2D eigenvalue weighted by Gasteiger charge is 1.99. The maximum atomic E-state index is 7.04. The zero-order chi connectivity index (χ0) is 9.84. The van der Waals surface area contributed by atoms with Gasteiger partial charge in [-0.25, -0.2) is 0 Å². The fourth-order valence-electron chi connectivity index (χ4n) is 0.773. The van der Waals surface area contributed by atoms with E-state index >= 15 is 0 Å². The summed E-state index contributed by atoms with van der Waals surface area (Å²) in [7, 11) is 0. The van der Waals surface area contributed by atoms with E-state index < -0.39 is 0 Å². The Labute approximate surface area is 90.9 Å². The molecule has 0 unspecified atom stereocenters. The number of hydrogen-bond acceptors (Lipinski definition) is 2. The Bertz CT molecular complexity index is 308. The molecular formula is C8H8Cl2N2S. The second-order valence-corrected chi connectivity index (χ2v) is 4.34. The molecule has 5 heteroatoms. The van der Waals surface area contributed by atoms with Gasteiger partial charge in [0.05, 0.1) is 5.75 Å². The maximum absolute atomic E-state index is 7.04. The van der Waals surface area contributed by atoms with Gasteiger partial charge in [0.2, 0.25) is 0 Å². The molecule has 1 aromatic rings. The first-order valence-electron chi connectivity index (χ1n) is 3.50. The molecular weight excluding hydrogens is 227 g/mol. The second kappa shape index (κ2) is 4.74. The SMILES string of the molecule is N=C(N)CSc1cc(Cl)cc(Cl)c1. The average molecular weight is 235 g/mol. The topological polar surface area (TPSA) is 49.9 Å². The van der Waals surface area contributed by atoms with Gasteiger partial charge in [-0.3, -0.25) is 5.41 Å². The Kier molecular flexibility index (Phi) is 3.90. The van der Waals surface area contributed by atoms with E-state index in [0.717, 1.165) is 4.90 Å². The summed E-state index contributed by atoms with van der Waals surface area (Å²) in [6.07, 6.45) is 0. The lowest BCUT2D eigenvalue weighted by Gasteiger charge is -2.01. The van der Waals surface area contributed by atoms with Crippen molar-refractivity contribution in [1.82, 2.24) is 0 Å². The van der Waals surface area contributed by atoms with Crippen molar-refractivity contribution in [1.29, 1.82) is 5.41 Å². The first-order valence-corrected chi connectivity index (χ1v) is 5.24. The fraction of sp³-hybridized carbons (Fsp3) is 0.125. The van der Waals surface area contributed by atoms with Gasteiger partial charge in [-0.05, 0) is 18.2 Å². The highest BCUT2D eigenvalue weighted by Crippen LogP contribution is 2.26. The quantitative estimate of drug-likeness (QED) is 0.480. The van der Waals surface area contributed by atoms with E-state index in [9.17, 15) is 0 Å². The Balaban J connectivity index is 2.71. The predicted octanol–water partition coefficient (Wildman–Crippen LogP) is 3.02. The van der Waals surface area contributed by atoms with Gasteiger partial charge in [-0.2, -0.15) is 0 Å². The zero-order valence-corrected chi connectivity index (χ0v) is 9.01. The van der Waals surface area contributed by atoms with Crippen LogP contribution in [0.2, 0.25) is 10.0 Å². The second-order valence-electron chi connectivity index (χ2n) is 2.42. The van der Waals surface area contributed by atoms with Gasteiger partial charge in [-0.1, -0.05) is 23.2 Å². The molecule has 0 fully saturated rings. The molecule has 0 atom stereocenters. The van der Waals surface area contributed by atoms with Crippen molar-refractivity contribution in [2.75, 3.05) is 5.75 Å². The van der Waals surface area contributed by atoms with Gasteiger partial charge in [-0.15, -0.1) is 11.8 Å². The van der Waals surface area contributed by atoms with Gasteiger partial charge < -0.3 is 5.73 Å². The molecule has 0 aliphatic carbocycles. The van der Waals surface area contributed by atoms with E-state index in [4.69, 9.17) is 34.3 Å². The number of thioether (sulfide) groups is 1. The summed E-state index contributed by atoms with van der Waals surface area (Å²) in [4.78, 5) is 0.924. The average Bonchev–Trinajstić information content (AvgIpc) is 1.99. The molecule has 0 aliphatic heterocycles. The molecule has 0 aliphatic rings. The van der Waals surface area contributed by atoms with E-state index in [1.54, 1.807) is 18.2 Å². The van der Waals surface area contributed by atoms with Crippen LogP contribution in [0.25, 0.3) is 0 Å². The first-order chi connectivity index (χ1) is 6.08. The summed E-state index contributed by atoms with van der Waals surface area (Å²) in [6.45, 7) is 0. The molecule has 0 saturated carbocycles. The number of benzene rings is 1. The van der Waals surface area contributed by atoms with Crippen LogP contribution in [-0.4, -0.2) is 11.6 Å². The number of nitrogens with one attached hydrogen (secondary N) is 1. The minimum atomic E-state index is 0.140. The summed E-state index contributed by atoms with van der Waals surface area (Å²) < 4.78 is 0. The predicted molar refractivity (Wildman–Crippen MR) is 59.1 cm³/mol. The Morgan fingerprint density at radius 1 is 1.31 bits per heavy atom. The van der Waals surface area contributed by atoms with E-state index in [1.807, 2.05) is 0 Å². The molecule has 0 bridgehead atoms. The van der Waals surface area contributed by atoms with Crippen molar-refractivity contribution in [2.45, 2.75) is 4.90 Å². The lowest BCUT2D eigenvalue weighted by atomic mass is 10.4. The minimum Gasteiger partial charge on any atom is -0.387 e. The smallest absolute Gasteiger partial charge is 0.101 e. The summed E-state index contributed by atoms with van der Waals surface area (Å²) in [5.41, 5.74) is 5.21. The molecule has 0 radical (unpaired) electrons. The zero-order valence-electron chi connectivity index (χ0n) is 6.68. The van der Waals surface area contributed by atoms with Crippen LogP contribution in [0.1, 0.15) is 0 Å². The molecule has 0 spiro atoms. The van der Waals surface area contributed by atoms with E-state index in [1.165, 1.54) is 11.8 Å². The van der Waals surface area contributed by atoms with Gasteiger partial charge >= 0.3 is 0 Å². The van der Waals surface area contributed by atoms with Crippen LogP contribution in [0, 0.1) is 5.41 Å². The standard InChI is InChI=1S/C8H8Cl2N2S/c9-5-1-6(10)3-7(2-5)13-4-8(11)12/h1-3H,4H2,(H3,11,12). The molecule has 2 nitrogen and oxygen atoms in total. The van der Waals surface area contributed by atoms with Crippen LogP contribution in [0.15, 0.2) is 23.1 Å². The third-order valence-electron chi connectivity index (χ3n) is 1.23. The number of nitrogens with two attached hydrogens (primary N) is 1. The van der Waals surface area contributed by atoms with Crippen LogP contribution < -0.4 is 5.73 Å². The molecule has 0 heterocycles. The van der Waals surface area contributed by atoms with Crippen LogP contribution in [-0.2, 0) is 0 Å². The molecule has 0 aromatic heterocycles. The third kappa shape index (κ3) is 3.89. The number of hydrogen-bond donors (Lipinski definition) is 2. The largest absolute Gasteiger partial charge is 0.387 e. The van der Waals surface area contributed by atoms with Gasteiger partial charge in [0.25, 0.3) is 0 Å². The molecule has 70 valence electrons. The van der Waals surface area contributed by atoms with E-state index in [2.05, 4.69) is 0 Å². The summed E-state index contributed by atoms with van der Waals surface area (Å²) in [6, 6.07) is 5.25. The van der Waals surface area contributed by atoms with Gasteiger partial charge in [0.1, 0.15) is 5.84 Å². The van der Waals surface area contributed by atoms with Crippen molar-refractivity contribution >= 4 is 40.8 Å². The van der Waals surface area contributed by atoms with Gasteiger partial charge in [0, 0.05) is 14.9 Å². The van der Waals surface area contributed by atoms with Crippen molar-refractivity contribution in [3.8, 4) is 0 Å². The monoisotopic (exact) mass is 234 g/mol. The molecule has 1 rings (SSSR count).